The summed E-state index contributed by atoms with van der Waals surface area (Å²) in [5, 5.41) is 15.8. The molecule has 0 aliphatic heterocycles. The molecule has 0 unspecified atom stereocenters. The summed E-state index contributed by atoms with van der Waals surface area (Å²) in [5.74, 6) is -1.10. The third-order valence-electron chi connectivity index (χ3n) is 6.43. The Balaban J connectivity index is 0.000000440. The Morgan fingerprint density at radius 2 is 1.25 bits per heavy atom. The number of aliphatic hydroxyl groups is 1. The number of Topliss-reactive ketones (excluding diaryl/α,β-unsaturated/α-hetero) is 1. The number of benzene rings is 2. The molecule has 0 fully saturated rings. The molecule has 10 heteroatoms. The first-order valence-electron chi connectivity index (χ1n) is 15.0. The highest BCUT2D eigenvalue weighted by molar-refractivity contribution is 6.02. The lowest BCUT2D eigenvalue weighted by atomic mass is 9.95. The predicted octanol–water partition coefficient (Wildman–Crippen LogP) is 7.87. The van der Waals surface area contributed by atoms with Crippen LogP contribution in [0.25, 0.3) is 0 Å². The zero-order valence-electron chi connectivity index (χ0n) is 27.8. The normalized spacial score (nSPS) is 13.5. The van der Waals surface area contributed by atoms with Crippen LogP contribution in [0.1, 0.15) is 114 Å². The quantitative estimate of drug-likeness (QED) is 0.233. The summed E-state index contributed by atoms with van der Waals surface area (Å²) in [6, 6.07) is 7.69. The molecule has 0 aliphatic carbocycles. The third kappa shape index (κ3) is 13.0. The molecule has 0 radical (unpaired) electrons. The summed E-state index contributed by atoms with van der Waals surface area (Å²) in [6.45, 7) is 17.6. The van der Waals surface area contributed by atoms with Gasteiger partial charge in [0, 0.05) is 5.56 Å². The second-order valence-electron chi connectivity index (χ2n) is 12.7. The minimum Gasteiger partial charge on any atom is -0.444 e. The average Bonchev–Trinajstić information content (AvgIpc) is 2.89. The van der Waals surface area contributed by atoms with Crippen molar-refractivity contribution in [2.45, 2.75) is 124 Å². The van der Waals surface area contributed by atoms with Gasteiger partial charge in [0.05, 0.1) is 18.2 Å². The fourth-order valence-electron chi connectivity index (χ4n) is 4.31. The molecular formula is C34H50F2N2O6. The molecule has 0 aromatic heterocycles. The van der Waals surface area contributed by atoms with Gasteiger partial charge in [0.25, 0.3) is 0 Å². The van der Waals surface area contributed by atoms with Gasteiger partial charge >= 0.3 is 12.2 Å². The van der Waals surface area contributed by atoms with Crippen LogP contribution in [0.15, 0.2) is 36.4 Å². The average molecular weight is 621 g/mol. The fraction of sp³-hybridized carbons (Fsp3) is 0.559. The van der Waals surface area contributed by atoms with Crippen LogP contribution >= 0.6 is 0 Å². The van der Waals surface area contributed by atoms with Crippen molar-refractivity contribution in [3.63, 3.8) is 0 Å². The maximum absolute atomic E-state index is 13.7. The van der Waals surface area contributed by atoms with E-state index in [1.165, 1.54) is 18.2 Å². The Morgan fingerprint density at radius 1 is 0.773 bits per heavy atom. The zero-order chi connectivity index (χ0) is 33.8. The topological polar surface area (TPSA) is 114 Å². The van der Waals surface area contributed by atoms with Crippen LogP contribution in [0.2, 0.25) is 0 Å². The maximum atomic E-state index is 13.7. The van der Waals surface area contributed by atoms with E-state index in [2.05, 4.69) is 10.6 Å². The van der Waals surface area contributed by atoms with Crippen molar-refractivity contribution in [2.24, 2.45) is 0 Å². The number of nitrogens with one attached hydrogen (secondary N) is 2. The highest BCUT2D eigenvalue weighted by atomic mass is 19.1. The molecule has 0 saturated heterocycles. The van der Waals surface area contributed by atoms with E-state index < -0.39 is 47.4 Å². The van der Waals surface area contributed by atoms with E-state index in [0.29, 0.717) is 36.0 Å². The monoisotopic (exact) mass is 620 g/mol. The number of ether oxygens (including phenoxy) is 2. The van der Waals surface area contributed by atoms with Gasteiger partial charge in [0.2, 0.25) is 0 Å². The molecular weight excluding hydrogens is 570 g/mol. The van der Waals surface area contributed by atoms with E-state index in [-0.39, 0.29) is 17.2 Å². The standard InChI is InChI=1S/C17H26FNO3.C17H24FNO3/c2*1-6-8-14(19-16(21)22-17(3,4)5)15(20)12-9-7-10-13(18)11(12)2/h7,9-10,14-15,20H,6,8H2,1-5H3,(H,19,21);7,9-10,14H,6,8H2,1-5H3,(H,19,21)/t14-,15+;14-/m11/s1. The molecule has 2 aromatic carbocycles. The number of rotatable bonds is 10. The van der Waals surface area contributed by atoms with Crippen LogP contribution in [-0.4, -0.2) is 46.4 Å². The van der Waals surface area contributed by atoms with Crippen LogP contribution < -0.4 is 10.6 Å². The Kier molecular flexibility index (Phi) is 14.9. The molecule has 0 bridgehead atoms. The van der Waals surface area contributed by atoms with Crippen LogP contribution in [0.3, 0.4) is 0 Å². The summed E-state index contributed by atoms with van der Waals surface area (Å²) in [7, 11) is 0. The number of aliphatic hydroxyl groups excluding tert-OH is 1. The van der Waals surface area contributed by atoms with Crippen molar-refractivity contribution in [2.75, 3.05) is 0 Å². The molecule has 2 aromatic rings. The van der Waals surface area contributed by atoms with E-state index in [1.807, 2.05) is 13.8 Å². The van der Waals surface area contributed by atoms with Gasteiger partial charge in [0.1, 0.15) is 22.8 Å². The van der Waals surface area contributed by atoms with Crippen LogP contribution in [0, 0.1) is 25.5 Å². The zero-order valence-corrected chi connectivity index (χ0v) is 27.8. The molecule has 0 heterocycles. The fourth-order valence-corrected chi connectivity index (χ4v) is 4.31. The summed E-state index contributed by atoms with van der Waals surface area (Å²) < 4.78 is 37.7. The Hall–Kier alpha value is -3.53. The van der Waals surface area contributed by atoms with Crippen molar-refractivity contribution < 1.29 is 37.7 Å². The van der Waals surface area contributed by atoms with E-state index in [4.69, 9.17) is 9.47 Å². The Labute approximate surface area is 260 Å². The van der Waals surface area contributed by atoms with E-state index in [9.17, 15) is 28.3 Å². The van der Waals surface area contributed by atoms with Gasteiger partial charge in [-0.05, 0) is 97.1 Å². The van der Waals surface area contributed by atoms with Crippen LogP contribution in [0.5, 0.6) is 0 Å². The van der Waals surface area contributed by atoms with Gasteiger partial charge < -0.3 is 25.2 Å². The van der Waals surface area contributed by atoms with Gasteiger partial charge in [-0.1, -0.05) is 51.0 Å². The summed E-state index contributed by atoms with van der Waals surface area (Å²) in [6.07, 6.45) is 0.298. The first-order valence-corrected chi connectivity index (χ1v) is 15.0. The third-order valence-corrected chi connectivity index (χ3v) is 6.43. The van der Waals surface area contributed by atoms with E-state index in [0.717, 1.165) is 6.42 Å². The first kappa shape index (κ1) is 38.5. The van der Waals surface area contributed by atoms with E-state index in [1.54, 1.807) is 73.6 Å². The SMILES string of the molecule is CCC[C@@H](NC(=O)OC(C)(C)C)C(=O)c1cccc(F)c1C.CCC[C@@H](NC(=O)OC(C)(C)C)[C@@H](O)c1cccc(F)c1C. The van der Waals surface area contributed by atoms with Gasteiger partial charge in [-0.25, -0.2) is 18.4 Å². The van der Waals surface area contributed by atoms with Gasteiger partial charge in [-0.15, -0.1) is 0 Å². The second kappa shape index (κ2) is 17.1. The Morgan fingerprint density at radius 3 is 1.75 bits per heavy atom. The number of halogens is 2. The second-order valence-corrected chi connectivity index (χ2v) is 12.7. The molecule has 3 atom stereocenters. The van der Waals surface area contributed by atoms with Crippen molar-refractivity contribution in [1.82, 2.24) is 10.6 Å². The van der Waals surface area contributed by atoms with Crippen molar-refractivity contribution >= 4 is 18.0 Å². The molecule has 44 heavy (non-hydrogen) atoms. The number of alkyl carbamates (subject to hydrolysis) is 2. The van der Waals surface area contributed by atoms with Crippen LogP contribution in [0.4, 0.5) is 18.4 Å². The predicted molar refractivity (Wildman–Crippen MR) is 168 cm³/mol. The number of hydrogen-bond donors (Lipinski definition) is 3. The molecule has 8 nitrogen and oxygen atoms in total. The number of amides is 2. The minimum atomic E-state index is -0.983. The Bertz CT molecular complexity index is 1250. The molecule has 246 valence electrons. The molecule has 2 amide bonds. The smallest absolute Gasteiger partial charge is 0.408 e. The lowest BCUT2D eigenvalue weighted by Crippen LogP contribution is -2.43. The molecule has 0 saturated carbocycles. The molecule has 2 rings (SSSR count). The number of ketones is 1. The number of hydrogen-bond acceptors (Lipinski definition) is 6. The summed E-state index contributed by atoms with van der Waals surface area (Å²) >= 11 is 0. The summed E-state index contributed by atoms with van der Waals surface area (Å²) in [4.78, 5) is 36.4. The lowest BCUT2D eigenvalue weighted by Gasteiger charge is -2.27. The number of carbonyl (C=O) groups is 3. The van der Waals surface area contributed by atoms with E-state index >= 15 is 0 Å². The highest BCUT2D eigenvalue weighted by Crippen LogP contribution is 2.25. The largest absolute Gasteiger partial charge is 0.444 e. The lowest BCUT2D eigenvalue weighted by molar-refractivity contribution is 0.0411. The summed E-state index contributed by atoms with van der Waals surface area (Å²) in [5.41, 5.74) is 0.199. The maximum Gasteiger partial charge on any atom is 0.408 e. The van der Waals surface area contributed by atoms with Gasteiger partial charge in [-0.2, -0.15) is 0 Å². The molecule has 0 aliphatic rings. The van der Waals surface area contributed by atoms with Crippen molar-refractivity contribution in [3.8, 4) is 0 Å². The number of carbonyl (C=O) groups excluding carboxylic acids is 3. The van der Waals surface area contributed by atoms with Gasteiger partial charge in [0.15, 0.2) is 5.78 Å². The van der Waals surface area contributed by atoms with Crippen molar-refractivity contribution in [1.29, 1.82) is 0 Å². The van der Waals surface area contributed by atoms with Gasteiger partial charge in [-0.3, -0.25) is 4.79 Å². The highest BCUT2D eigenvalue weighted by Gasteiger charge is 2.27. The first-order chi connectivity index (χ1) is 20.3. The molecule has 3 N–H and O–H groups in total. The molecule has 0 spiro atoms. The minimum absolute atomic E-state index is 0.287. The van der Waals surface area contributed by atoms with Crippen LogP contribution in [-0.2, 0) is 9.47 Å². The van der Waals surface area contributed by atoms with Crippen molar-refractivity contribution in [3.05, 3.63) is 70.3 Å².